The third-order valence-electron chi connectivity index (χ3n) is 1.85. The molecule has 0 saturated heterocycles. The van der Waals surface area contributed by atoms with Crippen LogP contribution >= 0.6 is 0 Å². The molecule has 3 heteroatoms. The van der Waals surface area contributed by atoms with E-state index in [1.54, 1.807) is 0 Å². The highest BCUT2D eigenvalue weighted by Gasteiger charge is 2.22. The van der Waals surface area contributed by atoms with Gasteiger partial charge in [-0.3, -0.25) is 5.32 Å². The molecule has 1 atom stereocenters. The number of rotatable bonds is 7. The van der Waals surface area contributed by atoms with Crippen molar-refractivity contribution in [1.29, 1.82) is 5.26 Å². The van der Waals surface area contributed by atoms with Crippen molar-refractivity contribution in [2.24, 2.45) is 5.92 Å². The minimum absolute atomic E-state index is 0.460. The fourth-order valence-electron chi connectivity index (χ4n) is 1.02. The highest BCUT2D eigenvalue weighted by atomic mass is 16.5. The predicted molar refractivity (Wildman–Crippen MR) is 58.0 cm³/mol. The minimum Gasteiger partial charge on any atom is -0.378 e. The number of nitrogens with zero attached hydrogens (tertiary/aromatic N) is 1. The molecule has 0 heterocycles. The molecule has 0 saturated carbocycles. The molecular weight excluding hydrogens is 176 g/mol. The summed E-state index contributed by atoms with van der Waals surface area (Å²) in [5, 5.41) is 12.2. The molecule has 0 amide bonds. The summed E-state index contributed by atoms with van der Waals surface area (Å²) in [6.45, 7) is 10.2. The monoisotopic (exact) mass is 198 g/mol. The Labute approximate surface area is 87.4 Å². The lowest BCUT2D eigenvalue weighted by Gasteiger charge is -2.23. The molecule has 0 aliphatic heterocycles. The summed E-state index contributed by atoms with van der Waals surface area (Å²) in [5.74, 6) is 0.518. The smallest absolute Gasteiger partial charge is 0.127 e. The topological polar surface area (TPSA) is 45.0 Å². The first-order valence-corrected chi connectivity index (χ1v) is 5.28. The molecule has 82 valence electrons. The summed E-state index contributed by atoms with van der Waals surface area (Å²) < 4.78 is 5.46. The highest BCUT2D eigenvalue weighted by molar-refractivity contribution is 5.03. The minimum atomic E-state index is -0.537. The summed E-state index contributed by atoms with van der Waals surface area (Å²) in [6.07, 6.45) is 1.03. The lowest BCUT2D eigenvalue weighted by molar-refractivity contribution is 0.0765. The number of ether oxygens (including phenoxy) is 1. The maximum atomic E-state index is 8.98. The van der Waals surface area contributed by atoms with Gasteiger partial charge in [-0.1, -0.05) is 20.8 Å². The second kappa shape index (κ2) is 6.80. The van der Waals surface area contributed by atoms with E-state index in [9.17, 15) is 0 Å². The maximum absolute atomic E-state index is 8.98. The largest absolute Gasteiger partial charge is 0.378 e. The lowest BCUT2D eigenvalue weighted by Crippen LogP contribution is -2.45. The fraction of sp³-hybridized carbons (Fsp3) is 0.909. The first kappa shape index (κ1) is 13.4. The van der Waals surface area contributed by atoms with Crippen LogP contribution in [0.1, 0.15) is 34.1 Å². The average Bonchev–Trinajstić information content (AvgIpc) is 2.14. The van der Waals surface area contributed by atoms with Crippen LogP contribution in [0.4, 0.5) is 0 Å². The van der Waals surface area contributed by atoms with Crippen molar-refractivity contribution in [3.63, 3.8) is 0 Å². The number of hydrogen-bond acceptors (Lipinski definition) is 3. The van der Waals surface area contributed by atoms with Gasteiger partial charge in [-0.2, -0.15) is 5.26 Å². The number of nitrogens with one attached hydrogen (secondary N) is 1. The number of hydrogen-bond donors (Lipinski definition) is 1. The van der Waals surface area contributed by atoms with E-state index in [1.165, 1.54) is 0 Å². The zero-order valence-electron chi connectivity index (χ0n) is 9.76. The van der Waals surface area contributed by atoms with E-state index in [4.69, 9.17) is 10.00 Å². The Bertz CT molecular complexity index is 186. The molecule has 0 fully saturated rings. The Morgan fingerprint density at radius 3 is 2.57 bits per heavy atom. The Balaban J connectivity index is 3.82. The third kappa shape index (κ3) is 5.95. The van der Waals surface area contributed by atoms with E-state index in [-0.39, 0.29) is 0 Å². The Hall–Kier alpha value is -0.590. The van der Waals surface area contributed by atoms with Crippen molar-refractivity contribution in [2.75, 3.05) is 19.8 Å². The molecule has 0 rings (SSSR count). The van der Waals surface area contributed by atoms with Gasteiger partial charge in [-0.25, -0.2) is 0 Å². The van der Waals surface area contributed by atoms with Gasteiger partial charge in [-0.15, -0.1) is 0 Å². The third-order valence-corrected chi connectivity index (χ3v) is 1.85. The van der Waals surface area contributed by atoms with Crippen LogP contribution in [-0.2, 0) is 4.74 Å². The van der Waals surface area contributed by atoms with Crippen molar-refractivity contribution in [1.82, 2.24) is 5.32 Å². The SMILES string of the molecule is CCCNC(C)(C#N)COCC(C)C. The van der Waals surface area contributed by atoms with Gasteiger partial charge < -0.3 is 4.74 Å². The van der Waals surface area contributed by atoms with Crippen LogP contribution in [-0.4, -0.2) is 25.3 Å². The van der Waals surface area contributed by atoms with Crippen LogP contribution in [0, 0.1) is 17.2 Å². The van der Waals surface area contributed by atoms with E-state index in [0.29, 0.717) is 19.1 Å². The number of nitriles is 1. The summed E-state index contributed by atoms with van der Waals surface area (Å²) in [7, 11) is 0. The second-order valence-electron chi connectivity index (χ2n) is 4.28. The first-order valence-electron chi connectivity index (χ1n) is 5.28. The molecule has 0 aliphatic rings. The Morgan fingerprint density at radius 2 is 2.14 bits per heavy atom. The standard InChI is InChI=1S/C11H22N2O/c1-5-6-13-11(4,8-12)9-14-7-10(2)3/h10,13H,5-7,9H2,1-4H3. The van der Waals surface area contributed by atoms with E-state index in [2.05, 4.69) is 32.2 Å². The first-order chi connectivity index (χ1) is 6.54. The Kier molecular flexibility index (Phi) is 6.52. The summed E-state index contributed by atoms with van der Waals surface area (Å²) in [5.41, 5.74) is -0.537. The van der Waals surface area contributed by atoms with Gasteiger partial charge in [0.2, 0.25) is 0 Å². The van der Waals surface area contributed by atoms with E-state index >= 15 is 0 Å². The van der Waals surface area contributed by atoms with Crippen LogP contribution in [0.25, 0.3) is 0 Å². The van der Waals surface area contributed by atoms with E-state index in [0.717, 1.165) is 13.0 Å². The second-order valence-corrected chi connectivity index (χ2v) is 4.28. The molecular formula is C11H22N2O. The Morgan fingerprint density at radius 1 is 1.50 bits per heavy atom. The van der Waals surface area contributed by atoms with Crippen molar-refractivity contribution in [3.8, 4) is 6.07 Å². The van der Waals surface area contributed by atoms with Gasteiger partial charge in [-0.05, 0) is 25.8 Å². The molecule has 1 unspecified atom stereocenters. The molecule has 0 aromatic heterocycles. The van der Waals surface area contributed by atoms with Gasteiger partial charge in [0.15, 0.2) is 0 Å². The molecule has 0 bridgehead atoms. The van der Waals surface area contributed by atoms with Crippen LogP contribution in [0.15, 0.2) is 0 Å². The molecule has 3 nitrogen and oxygen atoms in total. The van der Waals surface area contributed by atoms with Crippen molar-refractivity contribution in [2.45, 2.75) is 39.7 Å². The van der Waals surface area contributed by atoms with Gasteiger partial charge in [0, 0.05) is 6.61 Å². The average molecular weight is 198 g/mol. The molecule has 0 radical (unpaired) electrons. The van der Waals surface area contributed by atoms with Crippen LogP contribution in [0.5, 0.6) is 0 Å². The molecule has 1 N–H and O–H groups in total. The van der Waals surface area contributed by atoms with Crippen molar-refractivity contribution >= 4 is 0 Å². The van der Waals surface area contributed by atoms with Gasteiger partial charge >= 0.3 is 0 Å². The fourth-order valence-corrected chi connectivity index (χ4v) is 1.02. The normalized spacial score (nSPS) is 15.1. The van der Waals surface area contributed by atoms with Crippen molar-refractivity contribution in [3.05, 3.63) is 0 Å². The lowest BCUT2D eigenvalue weighted by atomic mass is 10.1. The molecule has 14 heavy (non-hydrogen) atoms. The molecule has 0 spiro atoms. The summed E-state index contributed by atoms with van der Waals surface area (Å²) in [6, 6.07) is 2.25. The van der Waals surface area contributed by atoms with Crippen LogP contribution in [0.2, 0.25) is 0 Å². The van der Waals surface area contributed by atoms with Gasteiger partial charge in [0.05, 0.1) is 12.7 Å². The van der Waals surface area contributed by atoms with E-state index in [1.807, 2.05) is 6.92 Å². The predicted octanol–water partition coefficient (Wildman–Crippen LogP) is 1.94. The van der Waals surface area contributed by atoms with Crippen molar-refractivity contribution < 1.29 is 4.74 Å². The quantitative estimate of drug-likeness (QED) is 0.680. The zero-order valence-corrected chi connectivity index (χ0v) is 9.76. The van der Waals surface area contributed by atoms with Crippen LogP contribution < -0.4 is 5.32 Å². The molecule has 0 aromatic rings. The van der Waals surface area contributed by atoms with Gasteiger partial charge in [0.1, 0.15) is 5.54 Å². The van der Waals surface area contributed by atoms with Crippen LogP contribution in [0.3, 0.4) is 0 Å². The molecule has 0 aromatic carbocycles. The maximum Gasteiger partial charge on any atom is 0.127 e. The summed E-state index contributed by atoms with van der Waals surface area (Å²) >= 11 is 0. The zero-order chi connectivity index (χ0) is 11.0. The molecule has 0 aliphatic carbocycles. The summed E-state index contributed by atoms with van der Waals surface area (Å²) in [4.78, 5) is 0. The van der Waals surface area contributed by atoms with E-state index < -0.39 is 5.54 Å². The van der Waals surface area contributed by atoms with Gasteiger partial charge in [0.25, 0.3) is 0 Å². The highest BCUT2D eigenvalue weighted by Crippen LogP contribution is 2.04.